The quantitative estimate of drug-likeness (QED) is 0.588. The maximum Gasteiger partial charge on any atom is 0.0191 e. The number of benzene rings is 1. The highest BCUT2D eigenvalue weighted by Crippen LogP contribution is 2.29. The number of fused-ring (bicyclic) bond motifs is 1. The molecule has 1 aromatic rings. The maximum absolute atomic E-state index is 3.54. The molecule has 0 spiro atoms. The van der Waals surface area contributed by atoms with Crippen LogP contribution in [0, 0.1) is 0 Å². The fraction of sp³-hybridized carbons (Fsp3) is 0.625. The highest BCUT2D eigenvalue weighted by Gasteiger charge is 2.12. The Hall–Kier alpha value is -0.470. The summed E-state index contributed by atoms with van der Waals surface area (Å²) in [5.74, 6) is 0. The van der Waals surface area contributed by atoms with Gasteiger partial charge < -0.3 is 5.32 Å². The van der Waals surface area contributed by atoms with Crippen LogP contribution in [-0.2, 0) is 12.8 Å². The number of nitrogens with one attached hydrogen (secondary N) is 1. The average Bonchev–Trinajstić information content (AvgIpc) is 2.82. The van der Waals surface area contributed by atoms with Crippen LogP contribution in [0.2, 0.25) is 0 Å². The van der Waals surface area contributed by atoms with E-state index in [4.69, 9.17) is 0 Å². The first kappa shape index (κ1) is 14.0. The minimum absolute atomic E-state index is 0.654. The van der Waals surface area contributed by atoms with Crippen LogP contribution < -0.4 is 5.32 Å². The number of hydrogen-bond acceptors (Lipinski definition) is 2. The zero-order chi connectivity index (χ0) is 12.8. The van der Waals surface area contributed by atoms with Crippen molar-refractivity contribution >= 4 is 11.8 Å². The molecule has 0 fully saturated rings. The second-order valence-corrected chi connectivity index (χ2v) is 6.78. The fourth-order valence-corrected chi connectivity index (χ4v) is 3.53. The Balaban J connectivity index is 1.78. The first-order valence-corrected chi connectivity index (χ1v) is 8.16. The minimum Gasteiger partial charge on any atom is -0.316 e. The molecule has 0 amide bonds. The molecule has 1 unspecified atom stereocenters. The van der Waals surface area contributed by atoms with E-state index >= 15 is 0 Å². The van der Waals surface area contributed by atoms with Gasteiger partial charge in [0.05, 0.1) is 0 Å². The molecule has 0 aliphatic heterocycles. The van der Waals surface area contributed by atoms with Gasteiger partial charge in [-0.2, -0.15) is 0 Å². The van der Waals surface area contributed by atoms with Gasteiger partial charge in [-0.3, -0.25) is 0 Å². The van der Waals surface area contributed by atoms with Crippen molar-refractivity contribution in [2.24, 2.45) is 0 Å². The Labute approximate surface area is 116 Å². The topological polar surface area (TPSA) is 12.0 Å². The smallest absolute Gasteiger partial charge is 0.0191 e. The van der Waals surface area contributed by atoms with Crippen molar-refractivity contribution in [1.29, 1.82) is 0 Å². The third-order valence-electron chi connectivity index (χ3n) is 3.55. The van der Waals surface area contributed by atoms with E-state index in [1.54, 1.807) is 11.1 Å². The number of rotatable bonds is 7. The van der Waals surface area contributed by atoms with Gasteiger partial charge in [0.1, 0.15) is 0 Å². The van der Waals surface area contributed by atoms with Crippen LogP contribution >= 0.6 is 11.8 Å². The lowest BCUT2D eigenvalue weighted by Gasteiger charge is -2.13. The van der Waals surface area contributed by atoms with Crippen molar-refractivity contribution in [3.8, 4) is 0 Å². The molecule has 100 valence electrons. The summed E-state index contributed by atoms with van der Waals surface area (Å²) in [4.78, 5) is 1.44. The number of hydrogen-bond donors (Lipinski definition) is 1. The van der Waals surface area contributed by atoms with E-state index in [2.05, 4.69) is 37.4 Å². The second kappa shape index (κ2) is 7.20. The summed E-state index contributed by atoms with van der Waals surface area (Å²) in [6, 6.07) is 7.05. The molecule has 1 N–H and O–H groups in total. The molecule has 0 aromatic heterocycles. The Bertz CT molecular complexity index is 375. The van der Waals surface area contributed by atoms with Crippen molar-refractivity contribution in [1.82, 2.24) is 5.32 Å². The molecular formula is C16H25NS. The third-order valence-corrected chi connectivity index (χ3v) is 4.64. The van der Waals surface area contributed by atoms with Crippen molar-refractivity contribution in [3.63, 3.8) is 0 Å². The predicted octanol–water partition coefficient (Wildman–Crippen LogP) is 4.05. The van der Waals surface area contributed by atoms with E-state index in [0.29, 0.717) is 5.25 Å². The highest BCUT2D eigenvalue weighted by molar-refractivity contribution is 8.00. The van der Waals surface area contributed by atoms with Crippen LogP contribution in [0.3, 0.4) is 0 Å². The van der Waals surface area contributed by atoms with Gasteiger partial charge in [-0.05, 0) is 55.5 Å². The molecule has 0 heterocycles. The standard InChI is InChI=1S/C16H25NS/c1-3-4-10-17-12-13(2)18-16-9-8-14-6-5-7-15(14)11-16/h8-9,11,13,17H,3-7,10,12H2,1-2H3. The largest absolute Gasteiger partial charge is 0.316 e. The van der Waals surface area contributed by atoms with Crippen molar-refractivity contribution < 1.29 is 0 Å². The number of thioether (sulfide) groups is 1. The highest BCUT2D eigenvalue weighted by atomic mass is 32.2. The van der Waals surface area contributed by atoms with Crippen molar-refractivity contribution in [2.45, 2.75) is 56.1 Å². The first-order chi connectivity index (χ1) is 8.79. The summed E-state index contributed by atoms with van der Waals surface area (Å²) in [5.41, 5.74) is 3.17. The lowest BCUT2D eigenvalue weighted by molar-refractivity contribution is 0.638. The van der Waals surface area contributed by atoms with Gasteiger partial charge in [-0.25, -0.2) is 0 Å². The van der Waals surface area contributed by atoms with Crippen LogP contribution in [-0.4, -0.2) is 18.3 Å². The minimum atomic E-state index is 0.654. The van der Waals surface area contributed by atoms with E-state index < -0.39 is 0 Å². The van der Waals surface area contributed by atoms with Crippen LogP contribution in [0.15, 0.2) is 23.1 Å². The lowest BCUT2D eigenvalue weighted by atomic mass is 10.1. The van der Waals surface area contributed by atoms with E-state index in [1.165, 1.54) is 37.0 Å². The Morgan fingerprint density at radius 2 is 2.11 bits per heavy atom. The molecule has 0 radical (unpaired) electrons. The molecule has 0 saturated heterocycles. The molecule has 1 aromatic carbocycles. The second-order valence-electron chi connectivity index (χ2n) is 5.27. The molecule has 0 bridgehead atoms. The van der Waals surface area contributed by atoms with Crippen molar-refractivity contribution in [2.75, 3.05) is 13.1 Å². The van der Waals surface area contributed by atoms with Gasteiger partial charge in [0.15, 0.2) is 0 Å². The van der Waals surface area contributed by atoms with E-state index in [1.807, 2.05) is 11.8 Å². The molecule has 1 atom stereocenters. The Morgan fingerprint density at radius 3 is 2.94 bits per heavy atom. The summed E-state index contributed by atoms with van der Waals surface area (Å²) in [6.45, 7) is 6.83. The zero-order valence-corrected chi connectivity index (χ0v) is 12.5. The van der Waals surface area contributed by atoms with Crippen LogP contribution in [0.1, 0.15) is 44.2 Å². The SMILES string of the molecule is CCCCNCC(C)Sc1ccc2c(c1)CCC2. The molecular weight excluding hydrogens is 238 g/mol. The van der Waals surface area contributed by atoms with E-state index in [9.17, 15) is 0 Å². The van der Waals surface area contributed by atoms with E-state index in [-0.39, 0.29) is 0 Å². The summed E-state index contributed by atoms with van der Waals surface area (Å²) >= 11 is 2.01. The predicted molar refractivity (Wildman–Crippen MR) is 81.6 cm³/mol. The molecule has 1 nitrogen and oxygen atoms in total. The summed E-state index contributed by atoms with van der Waals surface area (Å²) < 4.78 is 0. The fourth-order valence-electron chi connectivity index (χ4n) is 2.50. The van der Waals surface area contributed by atoms with Gasteiger partial charge in [-0.15, -0.1) is 11.8 Å². The summed E-state index contributed by atoms with van der Waals surface area (Å²) in [6.07, 6.45) is 6.48. The van der Waals surface area contributed by atoms with Gasteiger partial charge >= 0.3 is 0 Å². The number of unbranched alkanes of at least 4 members (excludes halogenated alkanes) is 1. The Kier molecular flexibility index (Phi) is 5.58. The molecule has 18 heavy (non-hydrogen) atoms. The average molecular weight is 263 g/mol. The lowest BCUT2D eigenvalue weighted by Crippen LogP contribution is -2.23. The Morgan fingerprint density at radius 1 is 1.28 bits per heavy atom. The molecule has 1 aliphatic rings. The monoisotopic (exact) mass is 263 g/mol. The maximum atomic E-state index is 3.54. The zero-order valence-electron chi connectivity index (χ0n) is 11.7. The molecule has 1 aliphatic carbocycles. The summed E-state index contributed by atoms with van der Waals surface area (Å²) in [5, 5.41) is 4.19. The van der Waals surface area contributed by atoms with Gasteiger partial charge in [0.25, 0.3) is 0 Å². The van der Waals surface area contributed by atoms with Crippen LogP contribution in [0.5, 0.6) is 0 Å². The normalized spacial score (nSPS) is 15.7. The molecule has 2 rings (SSSR count). The van der Waals surface area contributed by atoms with Crippen LogP contribution in [0.25, 0.3) is 0 Å². The number of aryl methyl sites for hydroxylation is 2. The third kappa shape index (κ3) is 4.03. The van der Waals surface area contributed by atoms with Gasteiger partial charge in [0.2, 0.25) is 0 Å². The molecule has 2 heteroatoms. The van der Waals surface area contributed by atoms with Crippen LogP contribution in [0.4, 0.5) is 0 Å². The summed E-state index contributed by atoms with van der Waals surface area (Å²) in [7, 11) is 0. The van der Waals surface area contributed by atoms with Crippen molar-refractivity contribution in [3.05, 3.63) is 29.3 Å². The first-order valence-electron chi connectivity index (χ1n) is 7.28. The van der Waals surface area contributed by atoms with Gasteiger partial charge in [0, 0.05) is 16.7 Å². The van der Waals surface area contributed by atoms with Gasteiger partial charge in [-0.1, -0.05) is 26.3 Å². The molecule has 0 saturated carbocycles. The van der Waals surface area contributed by atoms with E-state index in [0.717, 1.165) is 13.1 Å².